The van der Waals surface area contributed by atoms with E-state index in [2.05, 4.69) is 0 Å². The number of rotatable bonds is 3. The Labute approximate surface area is 102 Å². The second kappa shape index (κ2) is 5.36. The summed E-state index contributed by atoms with van der Waals surface area (Å²) < 4.78 is 22.0. The Morgan fingerprint density at radius 1 is 1.44 bits per heavy atom. The summed E-state index contributed by atoms with van der Waals surface area (Å²) in [5.74, 6) is -0.235. The van der Waals surface area contributed by atoms with Crippen molar-refractivity contribution in [3.05, 3.63) is 0 Å². The average molecular weight is 268 g/mol. The molecule has 1 unspecified atom stereocenters. The molecule has 0 aromatic rings. The molecule has 4 nitrogen and oxygen atoms in total. The summed E-state index contributed by atoms with van der Waals surface area (Å²) >= 11 is 5.99. The van der Waals surface area contributed by atoms with Crippen LogP contribution in [0.25, 0.3) is 0 Å². The molecule has 0 aliphatic carbocycles. The van der Waals surface area contributed by atoms with Crippen LogP contribution in [0.5, 0.6) is 0 Å². The van der Waals surface area contributed by atoms with Crippen molar-refractivity contribution in [2.45, 2.75) is 25.1 Å². The smallest absolute Gasteiger partial charge is 0.237 e. The van der Waals surface area contributed by atoms with Crippen molar-refractivity contribution in [3.8, 4) is 0 Å². The first-order valence-corrected chi connectivity index (χ1v) is 7.89. The summed E-state index contributed by atoms with van der Waals surface area (Å²) in [6, 6.07) is 0. The minimum absolute atomic E-state index is 0.118. The van der Waals surface area contributed by atoms with Crippen molar-refractivity contribution in [2.75, 3.05) is 25.1 Å². The van der Waals surface area contributed by atoms with Crippen molar-refractivity contribution in [2.24, 2.45) is 5.92 Å². The standard InChI is InChI=1S/C10H18ClNO3S/c1-8(11)9-3-5-12(6-4-9)10(13)7-16(2,14)15/h8-9H,3-7H2,1-2H3. The zero-order valence-corrected chi connectivity index (χ0v) is 11.2. The summed E-state index contributed by atoms with van der Waals surface area (Å²) in [5.41, 5.74) is 0. The van der Waals surface area contributed by atoms with E-state index in [4.69, 9.17) is 11.6 Å². The Kier molecular flexibility index (Phi) is 4.62. The van der Waals surface area contributed by atoms with Crippen LogP contribution < -0.4 is 0 Å². The molecule has 1 fully saturated rings. The lowest BCUT2D eigenvalue weighted by Gasteiger charge is -2.33. The van der Waals surface area contributed by atoms with Gasteiger partial charge < -0.3 is 4.90 Å². The van der Waals surface area contributed by atoms with E-state index in [1.807, 2.05) is 6.92 Å². The molecule has 1 amide bonds. The average Bonchev–Trinajstić information content (AvgIpc) is 2.15. The van der Waals surface area contributed by atoms with Crippen LogP contribution in [0, 0.1) is 5.92 Å². The summed E-state index contributed by atoms with van der Waals surface area (Å²) in [6.45, 7) is 3.20. The normalized spacial score (nSPS) is 20.8. The fraction of sp³-hybridized carbons (Fsp3) is 0.900. The molecule has 0 bridgehead atoms. The largest absolute Gasteiger partial charge is 0.342 e. The predicted molar refractivity (Wildman–Crippen MR) is 64.3 cm³/mol. The van der Waals surface area contributed by atoms with Gasteiger partial charge in [0.05, 0.1) is 0 Å². The highest BCUT2D eigenvalue weighted by Gasteiger charge is 2.26. The number of piperidine rings is 1. The molecule has 0 aromatic heterocycles. The molecule has 1 saturated heterocycles. The van der Waals surface area contributed by atoms with Crippen LogP contribution in [0.15, 0.2) is 0 Å². The van der Waals surface area contributed by atoms with Crippen LogP contribution in [0.1, 0.15) is 19.8 Å². The molecule has 0 N–H and O–H groups in total. The highest BCUT2D eigenvalue weighted by atomic mass is 35.5. The Balaban J connectivity index is 2.45. The molecule has 0 aromatic carbocycles. The van der Waals surface area contributed by atoms with E-state index in [0.29, 0.717) is 19.0 Å². The maximum atomic E-state index is 11.6. The molecule has 0 spiro atoms. The van der Waals surface area contributed by atoms with Gasteiger partial charge in [0, 0.05) is 24.7 Å². The number of carbonyl (C=O) groups is 1. The number of amides is 1. The van der Waals surface area contributed by atoms with Crippen LogP contribution in [-0.4, -0.2) is 49.7 Å². The Bertz CT molecular complexity index is 345. The molecule has 1 atom stereocenters. The van der Waals surface area contributed by atoms with Gasteiger partial charge in [-0.1, -0.05) is 0 Å². The lowest BCUT2D eigenvalue weighted by Crippen LogP contribution is -2.42. The van der Waals surface area contributed by atoms with Gasteiger partial charge in [-0.2, -0.15) is 0 Å². The van der Waals surface area contributed by atoms with Gasteiger partial charge in [-0.05, 0) is 25.7 Å². The molecule has 0 saturated carbocycles. The van der Waals surface area contributed by atoms with Gasteiger partial charge in [0.15, 0.2) is 9.84 Å². The van der Waals surface area contributed by atoms with Crippen LogP contribution in [0.2, 0.25) is 0 Å². The van der Waals surface area contributed by atoms with Gasteiger partial charge in [0.25, 0.3) is 0 Å². The van der Waals surface area contributed by atoms with Crippen molar-refractivity contribution in [1.29, 1.82) is 0 Å². The summed E-state index contributed by atoms with van der Waals surface area (Å²) in [4.78, 5) is 13.2. The van der Waals surface area contributed by atoms with Crippen LogP contribution >= 0.6 is 11.6 Å². The quantitative estimate of drug-likeness (QED) is 0.714. The van der Waals surface area contributed by atoms with Crippen molar-refractivity contribution in [3.63, 3.8) is 0 Å². The molecule has 0 radical (unpaired) electrons. The van der Waals surface area contributed by atoms with E-state index in [0.717, 1.165) is 19.1 Å². The van der Waals surface area contributed by atoms with Gasteiger partial charge in [0.2, 0.25) is 5.91 Å². The number of alkyl halides is 1. The highest BCUT2D eigenvalue weighted by molar-refractivity contribution is 7.91. The monoisotopic (exact) mass is 267 g/mol. The number of likely N-dealkylation sites (tertiary alicyclic amines) is 1. The fourth-order valence-electron chi connectivity index (χ4n) is 1.92. The summed E-state index contributed by atoms with van der Waals surface area (Å²) in [5, 5.41) is 0.118. The maximum absolute atomic E-state index is 11.6. The number of halogens is 1. The number of nitrogens with zero attached hydrogens (tertiary/aromatic N) is 1. The lowest BCUT2D eigenvalue weighted by atomic mass is 9.94. The van der Waals surface area contributed by atoms with Crippen LogP contribution in [0.3, 0.4) is 0 Å². The lowest BCUT2D eigenvalue weighted by molar-refractivity contribution is -0.129. The van der Waals surface area contributed by atoms with Crippen LogP contribution in [0.4, 0.5) is 0 Å². The first kappa shape index (κ1) is 13.8. The maximum Gasteiger partial charge on any atom is 0.237 e. The minimum atomic E-state index is -3.22. The molecule has 6 heteroatoms. The van der Waals surface area contributed by atoms with Gasteiger partial charge in [-0.25, -0.2) is 8.42 Å². The van der Waals surface area contributed by atoms with Crippen molar-refractivity contribution < 1.29 is 13.2 Å². The zero-order valence-electron chi connectivity index (χ0n) is 9.65. The topological polar surface area (TPSA) is 54.5 Å². The minimum Gasteiger partial charge on any atom is -0.342 e. The third kappa shape index (κ3) is 4.29. The van der Waals surface area contributed by atoms with E-state index < -0.39 is 9.84 Å². The Morgan fingerprint density at radius 2 is 1.94 bits per heavy atom. The number of hydrogen-bond donors (Lipinski definition) is 0. The van der Waals surface area contributed by atoms with Gasteiger partial charge >= 0.3 is 0 Å². The summed E-state index contributed by atoms with van der Waals surface area (Å²) in [6.07, 6.45) is 2.80. The second-order valence-corrected chi connectivity index (χ2v) is 7.29. The Hall–Kier alpha value is -0.290. The van der Waals surface area contributed by atoms with E-state index >= 15 is 0 Å². The predicted octanol–water partition coefficient (Wildman–Crippen LogP) is 0.897. The fourth-order valence-corrected chi connectivity index (χ4v) is 2.81. The zero-order chi connectivity index (χ0) is 12.3. The van der Waals surface area contributed by atoms with Gasteiger partial charge in [-0.3, -0.25) is 4.79 Å². The first-order valence-electron chi connectivity index (χ1n) is 5.39. The molecular formula is C10H18ClNO3S. The van der Waals surface area contributed by atoms with E-state index in [1.54, 1.807) is 4.90 Å². The van der Waals surface area contributed by atoms with Crippen molar-refractivity contribution >= 4 is 27.3 Å². The van der Waals surface area contributed by atoms with E-state index in [1.165, 1.54) is 0 Å². The van der Waals surface area contributed by atoms with E-state index in [9.17, 15) is 13.2 Å². The number of sulfone groups is 1. The molecular weight excluding hydrogens is 250 g/mol. The molecule has 1 heterocycles. The third-order valence-electron chi connectivity index (χ3n) is 2.93. The highest BCUT2D eigenvalue weighted by Crippen LogP contribution is 2.23. The summed E-state index contributed by atoms with van der Waals surface area (Å²) in [7, 11) is -3.22. The van der Waals surface area contributed by atoms with Gasteiger partial charge in [-0.15, -0.1) is 11.6 Å². The first-order chi connectivity index (χ1) is 7.29. The number of carbonyl (C=O) groups excluding carboxylic acids is 1. The molecule has 1 aliphatic heterocycles. The Morgan fingerprint density at radius 3 is 2.31 bits per heavy atom. The molecule has 16 heavy (non-hydrogen) atoms. The SMILES string of the molecule is CC(Cl)C1CCN(C(=O)CS(C)(=O)=O)CC1. The third-order valence-corrected chi connectivity index (χ3v) is 4.06. The van der Waals surface area contributed by atoms with Crippen molar-refractivity contribution in [1.82, 2.24) is 4.90 Å². The number of hydrogen-bond acceptors (Lipinski definition) is 3. The molecule has 1 rings (SSSR count). The second-order valence-electron chi connectivity index (χ2n) is 4.47. The molecule has 1 aliphatic rings. The van der Waals surface area contributed by atoms with Gasteiger partial charge in [0.1, 0.15) is 5.75 Å². The van der Waals surface area contributed by atoms with E-state index in [-0.39, 0.29) is 17.0 Å². The van der Waals surface area contributed by atoms with Crippen LogP contribution in [-0.2, 0) is 14.6 Å². The molecule has 94 valence electrons.